The summed E-state index contributed by atoms with van der Waals surface area (Å²) in [7, 11) is 3.16. The molecule has 0 spiro atoms. The molecular weight excluding hydrogens is 426 g/mol. The number of methoxy groups -OCH3 is 2. The Morgan fingerprint density at radius 1 is 1.03 bits per heavy atom. The Balaban J connectivity index is 1.25. The number of nitrogen functional groups attached to an aromatic ring is 1. The fourth-order valence-electron chi connectivity index (χ4n) is 4.94. The summed E-state index contributed by atoms with van der Waals surface area (Å²) in [5, 5.41) is 0.709. The molecule has 3 fully saturated rings. The van der Waals surface area contributed by atoms with Gasteiger partial charge in [-0.3, -0.25) is 4.79 Å². The standard InChI is InChI=1S/C23H31N5O5/c1-30-18-11-14-15(12-19(18)31-2)25-23(26-21(14)24)28-9-7-27(8-10-28)22(29)20-13-32-16-5-3-4-6-17(16)33-20/h11-12,16-17,20H,3-10,13H2,1-2H3,(H2,24,25,26)/t16-,17-,20+/m1/s1. The lowest BCUT2D eigenvalue weighted by Crippen LogP contribution is -2.56. The topological polar surface area (TPSA) is 112 Å². The summed E-state index contributed by atoms with van der Waals surface area (Å²) >= 11 is 0. The average molecular weight is 458 g/mol. The van der Waals surface area contributed by atoms with E-state index in [0.717, 1.165) is 19.3 Å². The van der Waals surface area contributed by atoms with Crippen LogP contribution >= 0.6 is 0 Å². The van der Waals surface area contributed by atoms with Crippen molar-refractivity contribution < 1.29 is 23.7 Å². The van der Waals surface area contributed by atoms with Crippen LogP contribution in [-0.2, 0) is 14.3 Å². The lowest BCUT2D eigenvalue weighted by Gasteiger charge is -2.41. The normalized spacial score (nSPS) is 25.6. The Morgan fingerprint density at radius 2 is 1.73 bits per heavy atom. The zero-order valence-corrected chi connectivity index (χ0v) is 19.2. The van der Waals surface area contributed by atoms with E-state index in [4.69, 9.17) is 29.7 Å². The molecule has 5 rings (SSSR count). The van der Waals surface area contributed by atoms with E-state index in [2.05, 4.69) is 4.98 Å². The summed E-state index contributed by atoms with van der Waals surface area (Å²) in [6.45, 7) is 2.71. The fraction of sp³-hybridized carbons (Fsp3) is 0.609. The van der Waals surface area contributed by atoms with E-state index in [9.17, 15) is 4.79 Å². The van der Waals surface area contributed by atoms with Crippen LogP contribution in [0.2, 0.25) is 0 Å². The number of hydrogen-bond donors (Lipinski definition) is 1. The van der Waals surface area contributed by atoms with Crippen LogP contribution in [0.3, 0.4) is 0 Å². The molecule has 2 aromatic rings. The molecule has 1 saturated carbocycles. The van der Waals surface area contributed by atoms with E-state index in [1.165, 1.54) is 6.42 Å². The predicted molar refractivity (Wildman–Crippen MR) is 123 cm³/mol. The third kappa shape index (κ3) is 4.24. The average Bonchev–Trinajstić information content (AvgIpc) is 2.87. The molecule has 178 valence electrons. The smallest absolute Gasteiger partial charge is 0.254 e. The Bertz CT molecular complexity index is 1030. The number of carbonyl (C=O) groups excluding carboxylic acids is 1. The van der Waals surface area contributed by atoms with Crippen molar-refractivity contribution in [2.45, 2.75) is 44.0 Å². The van der Waals surface area contributed by atoms with Crippen LogP contribution in [0, 0.1) is 0 Å². The predicted octanol–water partition coefficient (Wildman–Crippen LogP) is 1.60. The number of hydrogen-bond acceptors (Lipinski definition) is 9. The summed E-state index contributed by atoms with van der Waals surface area (Å²) in [5.74, 6) is 2.09. The molecule has 10 heteroatoms. The van der Waals surface area contributed by atoms with Crippen molar-refractivity contribution >= 4 is 28.6 Å². The van der Waals surface area contributed by atoms with Crippen LogP contribution < -0.4 is 20.1 Å². The Morgan fingerprint density at radius 3 is 2.45 bits per heavy atom. The van der Waals surface area contributed by atoms with Crippen LogP contribution in [0.4, 0.5) is 11.8 Å². The summed E-state index contributed by atoms with van der Waals surface area (Å²) in [6, 6.07) is 3.58. The highest BCUT2D eigenvalue weighted by Gasteiger charge is 2.39. The number of ether oxygens (including phenoxy) is 4. The Hall–Kier alpha value is -2.85. The molecule has 1 aromatic carbocycles. The summed E-state index contributed by atoms with van der Waals surface area (Å²) < 4.78 is 22.8. The van der Waals surface area contributed by atoms with Crippen molar-refractivity contribution in [2.75, 3.05) is 57.6 Å². The van der Waals surface area contributed by atoms with Gasteiger partial charge >= 0.3 is 0 Å². The van der Waals surface area contributed by atoms with E-state index < -0.39 is 6.10 Å². The van der Waals surface area contributed by atoms with Gasteiger partial charge < -0.3 is 34.5 Å². The maximum atomic E-state index is 13.1. The van der Waals surface area contributed by atoms with Crippen LogP contribution in [0.5, 0.6) is 11.5 Å². The monoisotopic (exact) mass is 457 g/mol. The number of fused-ring (bicyclic) bond motifs is 2. The van der Waals surface area contributed by atoms with Gasteiger partial charge in [0.15, 0.2) is 17.6 Å². The first-order chi connectivity index (χ1) is 16.1. The van der Waals surface area contributed by atoms with Crippen molar-refractivity contribution in [3.05, 3.63) is 12.1 Å². The zero-order valence-electron chi connectivity index (χ0n) is 19.2. The SMILES string of the molecule is COc1cc2nc(N3CCN(C(=O)[C@@H]4CO[C@@H]5CCCC[C@H]5O4)CC3)nc(N)c2cc1OC. The number of carbonyl (C=O) groups is 1. The fourth-order valence-corrected chi connectivity index (χ4v) is 4.94. The first-order valence-electron chi connectivity index (χ1n) is 11.6. The summed E-state index contributed by atoms with van der Waals surface area (Å²) in [6.07, 6.45) is 3.99. The quantitative estimate of drug-likeness (QED) is 0.731. The lowest BCUT2D eigenvalue weighted by atomic mass is 9.93. The van der Waals surface area contributed by atoms with E-state index in [0.29, 0.717) is 67.0 Å². The van der Waals surface area contributed by atoms with Crippen molar-refractivity contribution in [3.63, 3.8) is 0 Å². The molecular formula is C23H31N5O5. The molecule has 2 saturated heterocycles. The molecule has 10 nitrogen and oxygen atoms in total. The maximum absolute atomic E-state index is 13.1. The Labute approximate surface area is 192 Å². The van der Waals surface area contributed by atoms with Crippen LogP contribution in [0.15, 0.2) is 12.1 Å². The second kappa shape index (κ2) is 9.18. The number of nitrogens with two attached hydrogens (primary N) is 1. The third-order valence-electron chi connectivity index (χ3n) is 6.81. The van der Waals surface area contributed by atoms with Gasteiger partial charge in [-0.15, -0.1) is 0 Å². The third-order valence-corrected chi connectivity index (χ3v) is 6.81. The molecule has 1 amide bonds. The van der Waals surface area contributed by atoms with Gasteiger partial charge in [-0.05, 0) is 18.9 Å². The van der Waals surface area contributed by atoms with E-state index >= 15 is 0 Å². The minimum Gasteiger partial charge on any atom is -0.493 e. The lowest BCUT2D eigenvalue weighted by molar-refractivity contribution is -0.201. The van der Waals surface area contributed by atoms with Crippen molar-refractivity contribution in [1.82, 2.24) is 14.9 Å². The van der Waals surface area contributed by atoms with Crippen molar-refractivity contribution in [2.24, 2.45) is 0 Å². The molecule has 3 heterocycles. The number of rotatable bonds is 4. The zero-order chi connectivity index (χ0) is 22.9. The van der Waals surface area contributed by atoms with Gasteiger partial charge in [0, 0.05) is 37.6 Å². The second-order valence-electron chi connectivity index (χ2n) is 8.76. The van der Waals surface area contributed by atoms with Gasteiger partial charge in [0.05, 0.1) is 38.6 Å². The molecule has 0 bridgehead atoms. The number of amides is 1. The highest BCUT2D eigenvalue weighted by molar-refractivity contribution is 5.91. The van der Waals surface area contributed by atoms with Crippen LogP contribution in [0.1, 0.15) is 25.7 Å². The highest BCUT2D eigenvalue weighted by Crippen LogP contribution is 2.34. The van der Waals surface area contributed by atoms with Gasteiger partial charge in [0.25, 0.3) is 5.91 Å². The summed E-state index contributed by atoms with van der Waals surface area (Å²) in [5.41, 5.74) is 6.92. The molecule has 1 aromatic heterocycles. The highest BCUT2D eigenvalue weighted by atomic mass is 16.6. The minimum atomic E-state index is -0.508. The number of nitrogens with zero attached hydrogens (tertiary/aromatic N) is 4. The largest absolute Gasteiger partial charge is 0.493 e. The molecule has 33 heavy (non-hydrogen) atoms. The molecule has 1 aliphatic carbocycles. The second-order valence-corrected chi connectivity index (χ2v) is 8.76. The number of aromatic nitrogens is 2. The molecule has 2 aliphatic heterocycles. The number of benzene rings is 1. The first-order valence-corrected chi connectivity index (χ1v) is 11.6. The van der Waals surface area contributed by atoms with Crippen LogP contribution in [0.25, 0.3) is 10.9 Å². The van der Waals surface area contributed by atoms with Crippen molar-refractivity contribution in [1.29, 1.82) is 0 Å². The van der Waals surface area contributed by atoms with Gasteiger partial charge in [-0.25, -0.2) is 4.98 Å². The molecule has 0 unspecified atom stereocenters. The minimum absolute atomic E-state index is 0.00875. The molecule has 3 aliphatic rings. The summed E-state index contributed by atoms with van der Waals surface area (Å²) in [4.78, 5) is 26.2. The van der Waals surface area contributed by atoms with Gasteiger partial charge in [-0.2, -0.15) is 4.98 Å². The van der Waals surface area contributed by atoms with Gasteiger partial charge in [0.2, 0.25) is 5.95 Å². The Kier molecular flexibility index (Phi) is 6.11. The molecule has 0 radical (unpaired) electrons. The maximum Gasteiger partial charge on any atom is 0.254 e. The molecule has 2 N–H and O–H groups in total. The van der Waals surface area contributed by atoms with E-state index in [-0.39, 0.29) is 18.1 Å². The van der Waals surface area contributed by atoms with E-state index in [1.807, 2.05) is 9.80 Å². The number of piperazine rings is 1. The number of anilines is 2. The van der Waals surface area contributed by atoms with Gasteiger partial charge in [0.1, 0.15) is 5.82 Å². The van der Waals surface area contributed by atoms with Crippen molar-refractivity contribution in [3.8, 4) is 11.5 Å². The van der Waals surface area contributed by atoms with Crippen LogP contribution in [-0.4, -0.2) is 86.1 Å². The van der Waals surface area contributed by atoms with Gasteiger partial charge in [-0.1, -0.05) is 12.8 Å². The molecule has 3 atom stereocenters. The first kappa shape index (κ1) is 22.0. The van der Waals surface area contributed by atoms with E-state index in [1.54, 1.807) is 26.4 Å².